The van der Waals surface area contributed by atoms with Crippen LogP contribution < -0.4 is 4.99 Å². The smallest absolute Gasteiger partial charge is 0.176 e. The molecule has 2 fully saturated rings. The second-order valence-corrected chi connectivity index (χ2v) is 9.34. The molecule has 4 heterocycles. The third-order valence-corrected chi connectivity index (χ3v) is 7.59. The summed E-state index contributed by atoms with van der Waals surface area (Å²) in [7, 11) is 0. The predicted molar refractivity (Wildman–Crippen MR) is 113 cm³/mol. The lowest BCUT2D eigenvalue weighted by Gasteiger charge is -2.26. The van der Waals surface area contributed by atoms with Crippen LogP contribution >= 0.6 is 11.3 Å². The van der Waals surface area contributed by atoms with E-state index in [1.165, 1.54) is 54.5 Å². The molecule has 0 radical (unpaired) electrons. The highest BCUT2D eigenvalue weighted by molar-refractivity contribution is 7.13. The molecule has 1 saturated carbocycles. The molecule has 2 aromatic heterocycles. The van der Waals surface area contributed by atoms with Crippen molar-refractivity contribution >= 4 is 17.0 Å². The van der Waals surface area contributed by atoms with E-state index in [4.69, 9.17) is 4.74 Å². The maximum atomic E-state index is 5.43. The van der Waals surface area contributed by atoms with Gasteiger partial charge in [0.1, 0.15) is 0 Å². The van der Waals surface area contributed by atoms with Crippen molar-refractivity contribution in [3.8, 4) is 10.4 Å². The van der Waals surface area contributed by atoms with Gasteiger partial charge < -0.3 is 4.74 Å². The minimum absolute atomic E-state index is 0.505. The fourth-order valence-corrected chi connectivity index (χ4v) is 5.81. The van der Waals surface area contributed by atoms with Crippen LogP contribution in [0.2, 0.25) is 0 Å². The number of morpholine rings is 1. The molecule has 2 unspecified atom stereocenters. The second kappa shape index (κ2) is 8.47. The standard InChI is InChI=1S/C22H30N4OS/c1-2-4-20-17(3-1)5-6-21(24-20)18-13-22(28-16-18)19-14-23-26(15-19)8-7-25-9-11-27-12-10-25/h13-17,21H,1-12H2/p+1. The van der Waals surface area contributed by atoms with E-state index < -0.39 is 0 Å². The zero-order valence-electron chi connectivity index (χ0n) is 16.6. The van der Waals surface area contributed by atoms with E-state index in [2.05, 4.69) is 37.3 Å². The molecule has 5 rings (SSSR count). The highest BCUT2D eigenvalue weighted by atomic mass is 32.1. The van der Waals surface area contributed by atoms with Crippen molar-refractivity contribution in [2.75, 3.05) is 32.8 Å². The van der Waals surface area contributed by atoms with Gasteiger partial charge in [-0.15, -0.1) is 11.3 Å². The summed E-state index contributed by atoms with van der Waals surface area (Å²) in [5.74, 6) is 0.841. The van der Waals surface area contributed by atoms with Crippen molar-refractivity contribution in [3.63, 3.8) is 0 Å². The first kappa shape index (κ1) is 18.5. The molecule has 5 nitrogen and oxygen atoms in total. The Bertz CT molecular complexity index is 820. The summed E-state index contributed by atoms with van der Waals surface area (Å²) in [6.07, 6.45) is 12.3. The lowest BCUT2D eigenvalue weighted by molar-refractivity contribution is -0.521. The van der Waals surface area contributed by atoms with Crippen molar-refractivity contribution in [2.45, 2.75) is 51.1 Å². The zero-order valence-corrected chi connectivity index (χ0v) is 17.4. The van der Waals surface area contributed by atoms with Gasteiger partial charge in [0.05, 0.1) is 26.0 Å². The molecule has 6 heteroatoms. The van der Waals surface area contributed by atoms with E-state index in [-0.39, 0.29) is 0 Å². The summed E-state index contributed by atoms with van der Waals surface area (Å²) in [6.45, 7) is 5.79. The third kappa shape index (κ3) is 4.09. The number of hydrogen-bond donors (Lipinski definition) is 1. The minimum atomic E-state index is 0.505. The summed E-state index contributed by atoms with van der Waals surface area (Å²) in [5, 5.41) is 6.95. The quantitative estimate of drug-likeness (QED) is 0.840. The predicted octanol–water partition coefficient (Wildman–Crippen LogP) is 2.49. The molecule has 0 spiro atoms. The molecule has 28 heavy (non-hydrogen) atoms. The molecular weight excluding hydrogens is 368 g/mol. The molecule has 3 aliphatic rings. The average molecular weight is 400 g/mol. The lowest BCUT2D eigenvalue weighted by atomic mass is 9.80. The summed E-state index contributed by atoms with van der Waals surface area (Å²) < 4.78 is 7.51. The van der Waals surface area contributed by atoms with Crippen molar-refractivity contribution in [1.29, 1.82) is 0 Å². The molecule has 150 valence electrons. The average Bonchev–Trinajstić information content (AvgIpc) is 3.42. The number of nitrogens with one attached hydrogen (secondary N) is 1. The first-order chi connectivity index (χ1) is 13.8. The Labute approximate surface area is 171 Å². The van der Waals surface area contributed by atoms with Crippen LogP contribution in [-0.4, -0.2) is 53.2 Å². The van der Waals surface area contributed by atoms with Crippen LogP contribution in [0, 0.1) is 5.92 Å². The van der Waals surface area contributed by atoms with Gasteiger partial charge in [0.15, 0.2) is 11.8 Å². The van der Waals surface area contributed by atoms with Crippen molar-refractivity contribution < 1.29 is 9.73 Å². The third-order valence-electron chi connectivity index (χ3n) is 6.59. The van der Waals surface area contributed by atoms with Gasteiger partial charge in [-0.1, -0.05) is 6.42 Å². The number of aromatic nitrogens is 2. The van der Waals surface area contributed by atoms with Crippen LogP contribution in [0.1, 0.15) is 50.1 Å². The molecule has 2 aromatic rings. The van der Waals surface area contributed by atoms with E-state index in [1.807, 2.05) is 17.5 Å². The van der Waals surface area contributed by atoms with Crippen LogP contribution in [0.25, 0.3) is 10.4 Å². The fraction of sp³-hybridized carbons (Fsp3) is 0.636. The van der Waals surface area contributed by atoms with E-state index in [0.717, 1.165) is 45.3 Å². The maximum Gasteiger partial charge on any atom is 0.176 e. The van der Waals surface area contributed by atoms with E-state index in [0.29, 0.717) is 6.04 Å². The number of ether oxygens (including phenoxy) is 1. The normalized spacial score (nSPS) is 26.1. The van der Waals surface area contributed by atoms with E-state index in [9.17, 15) is 0 Å². The molecule has 0 amide bonds. The fourth-order valence-electron chi connectivity index (χ4n) is 4.87. The minimum Gasteiger partial charge on any atom is -0.379 e. The van der Waals surface area contributed by atoms with Crippen molar-refractivity contribution in [3.05, 3.63) is 29.4 Å². The SMILES string of the molecule is c1nn(CCN2CCOCC2)cc1-c1cc(C2CCC3CCCCC3=[NH+]2)cs1. The van der Waals surface area contributed by atoms with Gasteiger partial charge >= 0.3 is 0 Å². The van der Waals surface area contributed by atoms with Gasteiger partial charge in [-0.2, -0.15) is 5.10 Å². The van der Waals surface area contributed by atoms with Gasteiger partial charge in [0.2, 0.25) is 0 Å². The molecule has 0 bridgehead atoms. The lowest BCUT2D eigenvalue weighted by Crippen LogP contribution is -2.78. The Morgan fingerprint density at radius 1 is 1.14 bits per heavy atom. The van der Waals surface area contributed by atoms with Gasteiger partial charge in [0.25, 0.3) is 0 Å². The van der Waals surface area contributed by atoms with Crippen LogP contribution in [0.3, 0.4) is 0 Å². The largest absolute Gasteiger partial charge is 0.379 e. The molecule has 2 aliphatic heterocycles. The van der Waals surface area contributed by atoms with Crippen LogP contribution in [0.4, 0.5) is 0 Å². The Kier molecular flexibility index (Phi) is 5.61. The monoisotopic (exact) mass is 399 g/mol. The Hall–Kier alpha value is -1.50. The van der Waals surface area contributed by atoms with Crippen LogP contribution in [-0.2, 0) is 11.3 Å². The number of thiophene rings is 1. The first-order valence-electron chi connectivity index (χ1n) is 10.9. The molecule has 2 atom stereocenters. The van der Waals surface area contributed by atoms with Crippen LogP contribution in [0.15, 0.2) is 23.8 Å². The Morgan fingerprint density at radius 2 is 2.07 bits per heavy atom. The molecule has 1 saturated heterocycles. The zero-order chi connectivity index (χ0) is 18.8. The summed E-state index contributed by atoms with van der Waals surface area (Å²) in [5.41, 5.74) is 4.33. The number of rotatable bonds is 5. The van der Waals surface area contributed by atoms with E-state index >= 15 is 0 Å². The summed E-state index contributed by atoms with van der Waals surface area (Å²) in [4.78, 5) is 7.68. The summed E-state index contributed by atoms with van der Waals surface area (Å²) in [6, 6.07) is 2.89. The van der Waals surface area contributed by atoms with Crippen molar-refractivity contribution in [2.24, 2.45) is 5.92 Å². The molecular formula is C22H31N4OS+. The van der Waals surface area contributed by atoms with Crippen molar-refractivity contribution in [1.82, 2.24) is 14.7 Å². The Balaban J connectivity index is 1.23. The summed E-state index contributed by atoms with van der Waals surface area (Å²) >= 11 is 1.86. The number of fused-ring (bicyclic) bond motifs is 1. The molecule has 1 aliphatic carbocycles. The van der Waals surface area contributed by atoms with Gasteiger partial charge in [-0.05, 0) is 25.3 Å². The first-order valence-corrected chi connectivity index (χ1v) is 11.8. The topological polar surface area (TPSA) is 44.3 Å². The van der Waals surface area contributed by atoms with Gasteiger partial charge in [0, 0.05) is 66.0 Å². The molecule has 1 N–H and O–H groups in total. The van der Waals surface area contributed by atoms with Gasteiger partial charge in [-0.25, -0.2) is 4.99 Å². The highest BCUT2D eigenvalue weighted by Gasteiger charge is 2.33. The van der Waals surface area contributed by atoms with Gasteiger partial charge in [-0.3, -0.25) is 9.58 Å². The van der Waals surface area contributed by atoms with E-state index in [1.54, 1.807) is 5.71 Å². The second-order valence-electron chi connectivity index (χ2n) is 8.43. The maximum absolute atomic E-state index is 5.43. The number of hydrogen-bond acceptors (Lipinski definition) is 4. The Morgan fingerprint density at radius 3 is 3.00 bits per heavy atom. The molecule has 0 aromatic carbocycles. The van der Waals surface area contributed by atoms with Crippen LogP contribution in [0.5, 0.6) is 0 Å². The number of nitrogens with zero attached hydrogens (tertiary/aromatic N) is 3. The highest BCUT2D eigenvalue weighted by Crippen LogP contribution is 2.33.